The fourth-order valence-electron chi connectivity index (χ4n) is 13.1. The molecule has 11 aromatic rings. The van der Waals surface area contributed by atoms with E-state index in [1.54, 1.807) is 46.8 Å². The molecule has 4 N–H and O–H groups in total. The molecule has 141 heavy (non-hydrogen) atoms. The number of nitrogens with one attached hydrogen (secondary N) is 4. The van der Waals surface area contributed by atoms with Crippen molar-refractivity contribution < 1.29 is 58.3 Å². The van der Waals surface area contributed by atoms with Crippen molar-refractivity contribution in [1.82, 2.24) is 101 Å². The van der Waals surface area contributed by atoms with Crippen molar-refractivity contribution in [1.29, 1.82) is 0 Å². The van der Waals surface area contributed by atoms with E-state index in [-0.39, 0.29) is 56.5 Å². The number of aromatic nitrogens is 14. The largest absolute Gasteiger partial charge is 0.498 e. The predicted octanol–water partition coefficient (Wildman–Crippen LogP) is 16.6. The van der Waals surface area contributed by atoms with Gasteiger partial charge in [0.05, 0.1) is 43.3 Å². The van der Waals surface area contributed by atoms with Gasteiger partial charge >= 0.3 is 13.2 Å². The first-order valence-corrected chi connectivity index (χ1v) is 62.6. The van der Waals surface area contributed by atoms with Crippen LogP contribution in [-0.4, -0.2) is 296 Å². The number of aromatic amines is 3. The Kier molecular flexibility index (Phi) is 44.0. The predicted molar refractivity (Wildman–Crippen MR) is 574 cm³/mol. The summed E-state index contributed by atoms with van der Waals surface area (Å²) in [5.74, 6) is 0. The zero-order valence-corrected chi connectivity index (χ0v) is 94.4. The number of carbonyl (C=O) groups is 1. The summed E-state index contributed by atoms with van der Waals surface area (Å²) in [6.45, 7) is 69.9. The molecule has 764 valence electrons. The first-order chi connectivity index (χ1) is 65.6. The Morgan fingerprint density at radius 3 is 1.40 bits per heavy atom. The third-order valence-corrected chi connectivity index (χ3v) is 34.1. The number of H-pyrrole nitrogens is 3. The van der Waals surface area contributed by atoms with Crippen molar-refractivity contribution in [3.63, 3.8) is 0 Å². The summed E-state index contributed by atoms with van der Waals surface area (Å²) >= 11 is 6.95. The van der Waals surface area contributed by atoms with Crippen LogP contribution in [0, 0.1) is 26.3 Å². The molecule has 0 spiro atoms. The van der Waals surface area contributed by atoms with Gasteiger partial charge in [-0.05, 0) is 175 Å². The first-order valence-electron chi connectivity index (χ1n) is 44.9. The molecular formula is C92H132BBr2Cl2N25O13S3Si3. The second-order valence-electron chi connectivity index (χ2n) is 39.5. The van der Waals surface area contributed by atoms with Crippen molar-refractivity contribution in [2.45, 2.75) is 168 Å². The third-order valence-electron chi connectivity index (χ3n) is 22.2. The van der Waals surface area contributed by atoms with Gasteiger partial charge in [0.25, 0.3) is 29.7 Å². The summed E-state index contributed by atoms with van der Waals surface area (Å²) in [4.78, 5) is 46.5. The lowest BCUT2D eigenvalue weighted by atomic mass is 9.82. The molecule has 0 atom stereocenters. The van der Waals surface area contributed by atoms with E-state index >= 15 is 0 Å². The number of amides is 1. The highest BCUT2D eigenvalue weighted by Crippen LogP contribution is 2.39. The Hall–Kier alpha value is -9.49. The van der Waals surface area contributed by atoms with Crippen molar-refractivity contribution in [2.24, 2.45) is 0 Å². The van der Waals surface area contributed by atoms with E-state index in [9.17, 15) is 30.0 Å². The summed E-state index contributed by atoms with van der Waals surface area (Å²) in [7, 11) is -0.220. The molecule has 0 saturated carbocycles. The van der Waals surface area contributed by atoms with E-state index in [2.05, 4.69) is 183 Å². The lowest BCUT2D eigenvalue weighted by Gasteiger charge is -2.46. The molecule has 0 bridgehead atoms. The molecule has 5 aliphatic heterocycles. The SMILES string of the molecule is Brc1ccnc2[nH]ccc12.CC1(C)OB(c2cn[nH]c2)OC1(C)C.CN(C)S(=O)(=O)Cl.C[Si](C)(C)CCOCn1ccc2c(-c3cn[nH]c3)ccnc21.C[Si](C)(C)CCOCn1ccc2c(Br)ccnc21.Cl.[C-]#[N+]C=C1CN(C(=O)OC(C)(C)C)C1.[C-]#[N+]C=C1CN(S(=O)(=O)N(C)C)C1.[C-]#[N+]C=C1CNC1.[C-]#[N+]CC1(n2cc(-c3ccnc4c3ccn4COCC[Si](C)(C)C)cn2)CN(S(=O)(=O)N(C)C)C1. The van der Waals surface area contributed by atoms with Crippen LogP contribution < -0.4 is 10.8 Å². The lowest BCUT2D eigenvalue weighted by Crippen LogP contribution is -2.67. The zero-order chi connectivity index (χ0) is 104. The highest BCUT2D eigenvalue weighted by molar-refractivity contribution is 9.11. The van der Waals surface area contributed by atoms with Crippen LogP contribution >= 0.6 is 54.9 Å². The second kappa shape index (κ2) is 52.3. The monoisotopic (exact) mass is 2210 g/mol. The van der Waals surface area contributed by atoms with Crippen LogP contribution in [-0.2, 0) is 83.6 Å². The maximum absolute atomic E-state index is 12.5. The Bertz CT molecular complexity index is 6540. The minimum atomic E-state index is -3.53. The molecule has 16 heterocycles. The van der Waals surface area contributed by atoms with Gasteiger partial charge in [0.2, 0.25) is 6.54 Å². The Morgan fingerprint density at radius 2 is 0.993 bits per heavy atom. The molecule has 16 rings (SSSR count). The molecule has 38 nitrogen and oxygen atoms in total. The number of hydrogen-bond acceptors (Lipinski definition) is 21. The number of ether oxygens (including phenoxy) is 4. The molecule has 0 aliphatic carbocycles. The van der Waals surface area contributed by atoms with E-state index < -0.39 is 65.0 Å². The van der Waals surface area contributed by atoms with E-state index in [0.717, 1.165) is 135 Å². The number of rotatable bonds is 25. The van der Waals surface area contributed by atoms with Gasteiger partial charge in [0.15, 0.2) is 24.1 Å². The Labute approximate surface area is 860 Å². The van der Waals surface area contributed by atoms with E-state index in [4.69, 9.17) is 65.2 Å². The molecular weight excluding hydrogens is 2090 g/mol. The molecule has 0 aromatic carbocycles. The average molecular weight is 2220 g/mol. The van der Waals surface area contributed by atoms with Crippen LogP contribution in [0.5, 0.6) is 0 Å². The normalized spacial score (nSPS) is 15.4. The molecule has 5 fully saturated rings. The van der Waals surface area contributed by atoms with Crippen LogP contribution in [0.2, 0.25) is 77.1 Å². The van der Waals surface area contributed by atoms with Crippen LogP contribution in [0.15, 0.2) is 180 Å². The summed E-state index contributed by atoms with van der Waals surface area (Å²) in [6.07, 6.45) is 30.1. The van der Waals surface area contributed by atoms with Gasteiger partial charge < -0.3 is 62.0 Å². The minimum absolute atomic E-state index is 0. The Morgan fingerprint density at radius 1 is 0.567 bits per heavy atom. The van der Waals surface area contributed by atoms with Crippen molar-refractivity contribution in [2.75, 3.05) is 121 Å². The maximum atomic E-state index is 12.5. The first kappa shape index (κ1) is 118. The van der Waals surface area contributed by atoms with Gasteiger partial charge in [-0.15, -0.1) is 12.4 Å². The number of halogens is 4. The smallest absolute Gasteiger partial charge is 0.444 e. The number of nitrogens with zero attached hydrogens (tertiary/aromatic N) is 21. The van der Waals surface area contributed by atoms with Crippen molar-refractivity contribution in [3.8, 4) is 22.3 Å². The summed E-state index contributed by atoms with van der Waals surface area (Å²) < 4.78 is 118. The quantitative estimate of drug-likeness (QED) is 0.0179. The summed E-state index contributed by atoms with van der Waals surface area (Å²) in [6, 6.07) is 19.5. The van der Waals surface area contributed by atoms with E-state index in [0.29, 0.717) is 46.4 Å². The van der Waals surface area contributed by atoms with Crippen LogP contribution in [0.4, 0.5) is 4.79 Å². The molecule has 0 radical (unpaired) electrons. The van der Waals surface area contributed by atoms with Crippen molar-refractivity contribution >= 4 is 172 Å². The third kappa shape index (κ3) is 35.2. The molecule has 1 amide bonds. The molecule has 0 unspecified atom stereocenters. The highest BCUT2D eigenvalue weighted by atomic mass is 79.9. The van der Waals surface area contributed by atoms with Crippen LogP contribution in [0.3, 0.4) is 0 Å². The number of hydrogen-bond donors (Lipinski definition) is 4. The van der Waals surface area contributed by atoms with Gasteiger partial charge in [0, 0.05) is 271 Å². The Balaban J connectivity index is 0.000000225. The van der Waals surface area contributed by atoms with Gasteiger partial charge in [-0.2, -0.15) is 62.1 Å². The van der Waals surface area contributed by atoms with Gasteiger partial charge in [0.1, 0.15) is 48.4 Å². The lowest BCUT2D eigenvalue weighted by molar-refractivity contribution is 0.00578. The summed E-state index contributed by atoms with van der Waals surface area (Å²) in [5.41, 5.74) is 10.1. The summed E-state index contributed by atoms with van der Waals surface area (Å²) in [5, 5.41) is 25.5. The van der Waals surface area contributed by atoms with Crippen LogP contribution in [0.25, 0.3) is 85.8 Å². The minimum Gasteiger partial charge on any atom is -0.444 e. The number of pyridine rings is 4. The van der Waals surface area contributed by atoms with Gasteiger partial charge in [-0.3, -0.25) is 14.9 Å². The van der Waals surface area contributed by atoms with E-state index in [1.165, 1.54) is 89.6 Å². The fraction of sp³-hybridized carbons (Fsp3) is 0.478. The number of carbonyl (C=O) groups excluding carboxylic acids is 1. The second-order valence-corrected chi connectivity index (χ2v) is 65.1. The zero-order valence-electron chi connectivity index (χ0n) is 84.2. The fourth-order valence-corrected chi connectivity index (χ4v) is 18.6. The standard InChI is InChI=1S/C23H33N7O3SSi.C16H22N4OSi.C13H19BrN2OSi.C10H14N2O2.C9H15BN2O2.C7H5BrN2.C7H11N3O2S.C5H6N2.C2H6ClNO2S.ClH/c1-24-15-23(16-29(17-23)34(31,32)27(2)3)30-14-19(13-26-30)20-7-9-25-22-21(20)8-10-28(22)18-33-11-12-35(4,5)6;1-22(2,3)9-8-21-12-20-7-5-15-14(4-6-17-16(15)20)13-10-18-19-11-13;1-18(2,3)9-8-17-10-16-7-5-11-12(14)4-6-15-13(11)16;1-10(2,3)14-9(13)12-6-8(7-12)5-11-4;1-8(2)9(3,4)14-10(13-8)7-5-11-12-6-7;8-6-2-4-10-7-5(6)1-3-9-7;1-8-4-7-5-10(6-7)13(11,12)9(2)3;1-6-2-5-3-7-4-5;1-4(2)7(3,5)6;/h7-10,13-14H,11-12,15-18H2,2-6H3;4-7,10-11H,8-9,12H2,1-3H3,(H,18,19);4-7H,8-10H2,1-3H3;5H,6-7H2,1-3H3;5-6H,1-4H3,(H,11,12);1-4H,(H,9,10);4H,5-6H2,2-3H3;2,7H,3-4H2;1-2H3;1H. The average Bonchev–Trinajstić information content (AvgIpc) is 1.70. The van der Waals surface area contributed by atoms with E-state index in [1.807, 2.05) is 150 Å². The topological polar surface area (TPSA) is 381 Å². The highest BCUT2D eigenvalue weighted by Gasteiger charge is 2.54. The maximum Gasteiger partial charge on any atom is 0.498 e. The molecule has 49 heteroatoms. The molecule has 5 aliphatic rings. The van der Waals surface area contributed by atoms with Gasteiger partial charge in [-0.25, -0.2) is 45.8 Å². The van der Waals surface area contributed by atoms with Crippen LogP contribution in [0.1, 0.15) is 48.5 Å². The number of likely N-dealkylation sites (tertiary alicyclic amines) is 1. The van der Waals surface area contributed by atoms with Gasteiger partial charge in [-0.1, -0.05) is 58.9 Å². The molecule has 5 saturated heterocycles. The number of fused-ring (bicyclic) bond motifs is 4. The van der Waals surface area contributed by atoms with Crippen molar-refractivity contribution in [3.05, 3.63) is 225 Å². The molecule has 11 aromatic heterocycles.